The molecule has 0 aromatic carbocycles. The fourth-order valence-corrected chi connectivity index (χ4v) is 3.55. The summed E-state index contributed by atoms with van der Waals surface area (Å²) in [6.45, 7) is 3.54. The van der Waals surface area contributed by atoms with Gasteiger partial charge in [-0.25, -0.2) is 9.97 Å². The van der Waals surface area contributed by atoms with Crippen LogP contribution in [-0.2, 0) is 22.4 Å². The van der Waals surface area contributed by atoms with E-state index in [4.69, 9.17) is 14.5 Å². The maximum atomic E-state index is 5.82. The molecular formula is C17H23N3O2. The number of hydrogen-bond acceptors (Lipinski definition) is 4. The molecule has 0 aliphatic carbocycles. The van der Waals surface area contributed by atoms with Gasteiger partial charge in [0.2, 0.25) is 0 Å². The second-order valence-corrected chi connectivity index (χ2v) is 6.38. The average Bonchev–Trinajstić information content (AvgIpc) is 3.18. The Hall–Kier alpha value is -1.46. The Labute approximate surface area is 130 Å². The van der Waals surface area contributed by atoms with Gasteiger partial charge in [0.1, 0.15) is 11.3 Å². The van der Waals surface area contributed by atoms with Crippen molar-refractivity contribution in [2.24, 2.45) is 5.92 Å². The fourth-order valence-electron chi connectivity index (χ4n) is 3.55. The van der Waals surface area contributed by atoms with Crippen LogP contribution in [-0.4, -0.2) is 40.5 Å². The first-order valence-electron chi connectivity index (χ1n) is 8.39. The summed E-state index contributed by atoms with van der Waals surface area (Å²) in [4.78, 5) is 9.41. The number of pyridine rings is 1. The summed E-state index contributed by atoms with van der Waals surface area (Å²) in [6.07, 6.45) is 7.77. The average molecular weight is 301 g/mol. The third kappa shape index (κ3) is 2.88. The van der Waals surface area contributed by atoms with Gasteiger partial charge in [-0.3, -0.25) is 0 Å². The minimum atomic E-state index is 0.313. The van der Waals surface area contributed by atoms with Gasteiger partial charge >= 0.3 is 0 Å². The number of hydrogen-bond donors (Lipinski definition) is 0. The number of aromatic nitrogens is 3. The van der Waals surface area contributed by atoms with Crippen LogP contribution in [0.15, 0.2) is 18.3 Å². The molecule has 1 unspecified atom stereocenters. The Kier molecular flexibility index (Phi) is 4.08. The molecule has 0 N–H and O–H groups in total. The molecule has 0 radical (unpaired) electrons. The minimum Gasteiger partial charge on any atom is -0.381 e. The van der Waals surface area contributed by atoms with Crippen LogP contribution in [0.4, 0.5) is 0 Å². The van der Waals surface area contributed by atoms with E-state index in [0.717, 1.165) is 69.0 Å². The molecule has 22 heavy (non-hydrogen) atoms. The standard InChI is InChI=1S/C17H23N3O2/c1-4-15-17(18-7-1)20(12-14-3-2-8-22-14)16(19-15)11-13-5-9-21-10-6-13/h1,4,7,13-14H,2-3,5-6,8-12H2. The molecule has 2 aromatic heterocycles. The van der Waals surface area contributed by atoms with Crippen molar-refractivity contribution in [3.05, 3.63) is 24.2 Å². The highest BCUT2D eigenvalue weighted by Crippen LogP contribution is 2.24. The van der Waals surface area contributed by atoms with Crippen molar-refractivity contribution in [2.45, 2.75) is 44.8 Å². The molecule has 2 aliphatic heterocycles. The molecule has 0 spiro atoms. The molecule has 0 bridgehead atoms. The van der Waals surface area contributed by atoms with E-state index in [1.54, 1.807) is 0 Å². The molecule has 2 saturated heterocycles. The quantitative estimate of drug-likeness (QED) is 0.871. The molecule has 0 amide bonds. The zero-order valence-corrected chi connectivity index (χ0v) is 12.9. The first-order valence-corrected chi connectivity index (χ1v) is 8.39. The molecule has 1 atom stereocenters. The van der Waals surface area contributed by atoms with Gasteiger partial charge in [0.25, 0.3) is 0 Å². The largest absolute Gasteiger partial charge is 0.381 e. The molecule has 2 aromatic rings. The van der Waals surface area contributed by atoms with E-state index in [1.165, 1.54) is 6.42 Å². The highest BCUT2D eigenvalue weighted by Gasteiger charge is 2.23. The maximum absolute atomic E-state index is 5.82. The molecule has 5 heteroatoms. The van der Waals surface area contributed by atoms with Crippen molar-refractivity contribution in [3.63, 3.8) is 0 Å². The van der Waals surface area contributed by atoms with E-state index in [0.29, 0.717) is 12.0 Å². The lowest BCUT2D eigenvalue weighted by atomic mass is 9.96. The Balaban J connectivity index is 1.62. The van der Waals surface area contributed by atoms with Gasteiger partial charge in [0.15, 0.2) is 5.65 Å². The summed E-state index contributed by atoms with van der Waals surface area (Å²) in [5.74, 6) is 1.84. The minimum absolute atomic E-state index is 0.313. The van der Waals surface area contributed by atoms with Crippen LogP contribution < -0.4 is 0 Å². The van der Waals surface area contributed by atoms with E-state index in [1.807, 2.05) is 12.3 Å². The van der Waals surface area contributed by atoms with Crippen LogP contribution in [0.3, 0.4) is 0 Å². The van der Waals surface area contributed by atoms with Crippen molar-refractivity contribution in [2.75, 3.05) is 19.8 Å². The van der Waals surface area contributed by atoms with E-state index >= 15 is 0 Å². The maximum Gasteiger partial charge on any atom is 0.160 e. The first kappa shape index (κ1) is 14.2. The number of nitrogens with zero attached hydrogens (tertiary/aromatic N) is 3. The fraction of sp³-hybridized carbons (Fsp3) is 0.647. The molecule has 4 rings (SSSR count). The highest BCUT2D eigenvalue weighted by molar-refractivity contribution is 5.71. The summed E-state index contributed by atoms with van der Waals surface area (Å²) in [5.41, 5.74) is 2.00. The summed E-state index contributed by atoms with van der Waals surface area (Å²) in [6, 6.07) is 4.02. The Morgan fingerprint density at radius 3 is 2.91 bits per heavy atom. The Morgan fingerprint density at radius 1 is 1.18 bits per heavy atom. The summed E-state index contributed by atoms with van der Waals surface area (Å²) < 4.78 is 13.6. The van der Waals surface area contributed by atoms with Crippen molar-refractivity contribution in [1.29, 1.82) is 0 Å². The lowest BCUT2D eigenvalue weighted by Crippen LogP contribution is -2.22. The molecule has 0 saturated carbocycles. The monoisotopic (exact) mass is 301 g/mol. The van der Waals surface area contributed by atoms with Crippen molar-refractivity contribution < 1.29 is 9.47 Å². The van der Waals surface area contributed by atoms with Gasteiger partial charge < -0.3 is 14.0 Å². The number of rotatable bonds is 4. The van der Waals surface area contributed by atoms with E-state index in [-0.39, 0.29) is 0 Å². The second kappa shape index (κ2) is 6.34. The predicted octanol–water partition coefficient (Wildman–Crippen LogP) is 2.58. The van der Waals surface area contributed by atoms with Gasteiger partial charge in [-0.05, 0) is 43.7 Å². The third-order valence-corrected chi connectivity index (χ3v) is 4.81. The smallest absolute Gasteiger partial charge is 0.160 e. The van der Waals surface area contributed by atoms with E-state index in [9.17, 15) is 0 Å². The number of ether oxygens (including phenoxy) is 2. The second-order valence-electron chi connectivity index (χ2n) is 6.38. The Morgan fingerprint density at radius 2 is 2.09 bits per heavy atom. The van der Waals surface area contributed by atoms with Gasteiger partial charge in [-0.15, -0.1) is 0 Å². The predicted molar refractivity (Wildman–Crippen MR) is 83.7 cm³/mol. The topological polar surface area (TPSA) is 49.2 Å². The van der Waals surface area contributed by atoms with Crippen molar-refractivity contribution in [1.82, 2.24) is 14.5 Å². The number of fused-ring (bicyclic) bond motifs is 1. The first-order chi connectivity index (χ1) is 10.9. The summed E-state index contributed by atoms with van der Waals surface area (Å²) >= 11 is 0. The van der Waals surface area contributed by atoms with Crippen LogP contribution in [0.25, 0.3) is 11.2 Å². The molecule has 5 nitrogen and oxygen atoms in total. The SMILES string of the molecule is c1cnc2c(c1)nc(CC1CCOCC1)n2CC1CCCO1. The van der Waals surface area contributed by atoms with Gasteiger partial charge in [0, 0.05) is 32.4 Å². The molecule has 2 fully saturated rings. The zero-order valence-electron chi connectivity index (χ0n) is 12.9. The lowest BCUT2D eigenvalue weighted by molar-refractivity contribution is 0.0650. The summed E-state index contributed by atoms with van der Waals surface area (Å²) in [5, 5.41) is 0. The Bertz CT molecular complexity index is 628. The highest BCUT2D eigenvalue weighted by atomic mass is 16.5. The van der Waals surface area contributed by atoms with Crippen molar-refractivity contribution >= 4 is 11.2 Å². The normalized spacial score (nSPS) is 23.4. The summed E-state index contributed by atoms with van der Waals surface area (Å²) in [7, 11) is 0. The number of imidazole rings is 1. The van der Waals surface area contributed by atoms with Gasteiger partial charge in [0.05, 0.1) is 12.6 Å². The zero-order chi connectivity index (χ0) is 14.8. The third-order valence-electron chi connectivity index (χ3n) is 4.81. The van der Waals surface area contributed by atoms with Gasteiger partial charge in [-0.1, -0.05) is 0 Å². The molecule has 2 aliphatic rings. The molecule has 118 valence electrons. The van der Waals surface area contributed by atoms with Crippen molar-refractivity contribution in [3.8, 4) is 0 Å². The van der Waals surface area contributed by atoms with Crippen LogP contribution in [0.2, 0.25) is 0 Å². The van der Waals surface area contributed by atoms with E-state index in [2.05, 4.69) is 15.6 Å². The van der Waals surface area contributed by atoms with E-state index < -0.39 is 0 Å². The van der Waals surface area contributed by atoms with Crippen LogP contribution >= 0.6 is 0 Å². The molecular weight excluding hydrogens is 278 g/mol. The van der Waals surface area contributed by atoms with Crippen LogP contribution in [0.1, 0.15) is 31.5 Å². The molecule has 4 heterocycles. The van der Waals surface area contributed by atoms with Gasteiger partial charge in [-0.2, -0.15) is 0 Å². The van der Waals surface area contributed by atoms with Crippen LogP contribution in [0, 0.1) is 5.92 Å². The lowest BCUT2D eigenvalue weighted by Gasteiger charge is -2.22. The van der Waals surface area contributed by atoms with Crippen LogP contribution in [0.5, 0.6) is 0 Å².